The molecule has 132 valence electrons. The first kappa shape index (κ1) is 17.5. The SMILES string of the molecule is O=C(CCNc1ccccc1Oc1ccccc1)Nc1cccc(F)c1. The fourth-order valence-electron chi connectivity index (χ4n) is 2.42. The molecule has 5 heteroatoms. The van der Waals surface area contributed by atoms with Crippen molar-refractivity contribution in [2.45, 2.75) is 6.42 Å². The molecule has 4 nitrogen and oxygen atoms in total. The van der Waals surface area contributed by atoms with Crippen LogP contribution >= 0.6 is 0 Å². The summed E-state index contributed by atoms with van der Waals surface area (Å²) in [5.41, 5.74) is 1.25. The molecule has 3 rings (SSSR count). The van der Waals surface area contributed by atoms with Crippen LogP contribution in [0.5, 0.6) is 11.5 Å². The van der Waals surface area contributed by atoms with Gasteiger partial charge in [-0.3, -0.25) is 4.79 Å². The van der Waals surface area contributed by atoms with Gasteiger partial charge in [-0.2, -0.15) is 0 Å². The summed E-state index contributed by atoms with van der Waals surface area (Å²) in [6.07, 6.45) is 0.246. The molecule has 3 aromatic carbocycles. The third-order valence-electron chi connectivity index (χ3n) is 3.63. The highest BCUT2D eigenvalue weighted by Gasteiger charge is 2.06. The van der Waals surface area contributed by atoms with Gasteiger partial charge in [0.05, 0.1) is 5.69 Å². The van der Waals surface area contributed by atoms with E-state index in [0.29, 0.717) is 18.0 Å². The first-order valence-electron chi connectivity index (χ1n) is 8.32. The highest BCUT2D eigenvalue weighted by molar-refractivity contribution is 5.91. The second-order valence-electron chi connectivity index (χ2n) is 5.65. The minimum absolute atomic E-state index is 0.190. The van der Waals surface area contributed by atoms with Gasteiger partial charge in [0.15, 0.2) is 5.75 Å². The topological polar surface area (TPSA) is 50.4 Å². The Kier molecular flexibility index (Phi) is 5.83. The van der Waals surface area contributed by atoms with E-state index < -0.39 is 0 Å². The van der Waals surface area contributed by atoms with Gasteiger partial charge in [-0.1, -0.05) is 36.4 Å². The lowest BCUT2D eigenvalue weighted by atomic mass is 10.2. The minimum atomic E-state index is -0.382. The molecule has 0 heterocycles. The van der Waals surface area contributed by atoms with Crippen LogP contribution in [0.2, 0.25) is 0 Å². The smallest absolute Gasteiger partial charge is 0.226 e. The Morgan fingerprint density at radius 3 is 2.50 bits per heavy atom. The Bertz CT molecular complexity index is 869. The summed E-state index contributed by atoms with van der Waals surface area (Å²) < 4.78 is 19.0. The summed E-state index contributed by atoms with van der Waals surface area (Å²) in [5.74, 6) is 0.854. The molecule has 1 amide bonds. The van der Waals surface area contributed by atoms with E-state index in [4.69, 9.17) is 4.74 Å². The number of ether oxygens (including phenoxy) is 1. The summed E-state index contributed by atoms with van der Waals surface area (Å²) in [6.45, 7) is 0.427. The molecule has 0 saturated carbocycles. The quantitative estimate of drug-likeness (QED) is 0.626. The van der Waals surface area contributed by atoms with E-state index in [9.17, 15) is 9.18 Å². The van der Waals surface area contributed by atoms with Gasteiger partial charge in [0.2, 0.25) is 5.91 Å². The van der Waals surface area contributed by atoms with Crippen LogP contribution in [-0.4, -0.2) is 12.5 Å². The molecule has 0 fully saturated rings. The highest BCUT2D eigenvalue weighted by Crippen LogP contribution is 2.28. The Labute approximate surface area is 151 Å². The van der Waals surface area contributed by atoms with E-state index in [0.717, 1.165) is 11.4 Å². The van der Waals surface area contributed by atoms with Crippen molar-refractivity contribution in [3.63, 3.8) is 0 Å². The fourth-order valence-corrected chi connectivity index (χ4v) is 2.42. The number of benzene rings is 3. The fraction of sp³-hybridized carbons (Fsp3) is 0.0952. The number of hydrogen-bond acceptors (Lipinski definition) is 3. The van der Waals surface area contributed by atoms with Crippen LogP contribution < -0.4 is 15.4 Å². The van der Waals surface area contributed by atoms with Crippen molar-refractivity contribution in [3.8, 4) is 11.5 Å². The number of anilines is 2. The van der Waals surface area contributed by atoms with Crippen molar-refractivity contribution in [2.24, 2.45) is 0 Å². The molecule has 0 aromatic heterocycles. The minimum Gasteiger partial charge on any atom is -0.455 e. The lowest BCUT2D eigenvalue weighted by molar-refractivity contribution is -0.115. The van der Waals surface area contributed by atoms with Crippen LogP contribution in [0.4, 0.5) is 15.8 Å². The van der Waals surface area contributed by atoms with E-state index in [-0.39, 0.29) is 18.1 Å². The number of amides is 1. The van der Waals surface area contributed by atoms with Gasteiger partial charge >= 0.3 is 0 Å². The first-order chi connectivity index (χ1) is 12.7. The number of para-hydroxylation sites is 3. The summed E-state index contributed by atoms with van der Waals surface area (Å²) in [6, 6.07) is 22.9. The third kappa shape index (κ3) is 5.08. The summed E-state index contributed by atoms with van der Waals surface area (Å²) in [5, 5.41) is 5.87. The van der Waals surface area contributed by atoms with Gasteiger partial charge in [-0.25, -0.2) is 4.39 Å². The molecular weight excluding hydrogens is 331 g/mol. The van der Waals surface area contributed by atoms with Gasteiger partial charge in [0.25, 0.3) is 0 Å². The number of nitrogens with one attached hydrogen (secondary N) is 2. The van der Waals surface area contributed by atoms with E-state index in [2.05, 4.69) is 10.6 Å². The molecule has 3 aromatic rings. The Balaban J connectivity index is 1.54. The van der Waals surface area contributed by atoms with E-state index in [1.807, 2.05) is 54.6 Å². The van der Waals surface area contributed by atoms with E-state index in [1.165, 1.54) is 12.1 Å². The van der Waals surface area contributed by atoms with Crippen molar-refractivity contribution in [1.29, 1.82) is 0 Å². The van der Waals surface area contributed by atoms with Crippen LogP contribution in [0.25, 0.3) is 0 Å². The number of carbonyl (C=O) groups is 1. The van der Waals surface area contributed by atoms with Crippen LogP contribution in [0.1, 0.15) is 6.42 Å². The zero-order valence-corrected chi connectivity index (χ0v) is 14.1. The zero-order valence-electron chi connectivity index (χ0n) is 14.1. The van der Waals surface area contributed by atoms with Crippen LogP contribution in [0.15, 0.2) is 78.9 Å². The lowest BCUT2D eigenvalue weighted by Crippen LogP contribution is -2.16. The van der Waals surface area contributed by atoms with Gasteiger partial charge in [-0.15, -0.1) is 0 Å². The molecule has 0 radical (unpaired) electrons. The molecule has 0 atom stereocenters. The average Bonchev–Trinajstić information content (AvgIpc) is 2.64. The van der Waals surface area contributed by atoms with Gasteiger partial charge in [-0.05, 0) is 42.5 Å². The van der Waals surface area contributed by atoms with Crippen molar-refractivity contribution in [1.82, 2.24) is 0 Å². The molecule has 0 aliphatic carbocycles. The van der Waals surface area contributed by atoms with E-state index >= 15 is 0 Å². The molecular formula is C21H19FN2O2. The van der Waals surface area contributed by atoms with Crippen molar-refractivity contribution < 1.29 is 13.9 Å². The average molecular weight is 350 g/mol. The Morgan fingerprint density at radius 2 is 1.69 bits per heavy atom. The predicted molar refractivity (Wildman–Crippen MR) is 101 cm³/mol. The van der Waals surface area contributed by atoms with E-state index in [1.54, 1.807) is 12.1 Å². The second kappa shape index (κ2) is 8.67. The molecule has 0 bridgehead atoms. The maximum Gasteiger partial charge on any atom is 0.226 e. The molecule has 0 saturated heterocycles. The van der Waals surface area contributed by atoms with Crippen LogP contribution in [-0.2, 0) is 4.79 Å². The normalized spacial score (nSPS) is 10.2. The Hall–Kier alpha value is -3.34. The third-order valence-corrected chi connectivity index (χ3v) is 3.63. The molecule has 0 spiro atoms. The summed E-state index contributed by atoms with van der Waals surface area (Å²) >= 11 is 0. The monoisotopic (exact) mass is 350 g/mol. The second-order valence-corrected chi connectivity index (χ2v) is 5.65. The largest absolute Gasteiger partial charge is 0.455 e. The molecule has 26 heavy (non-hydrogen) atoms. The maximum atomic E-state index is 13.1. The van der Waals surface area contributed by atoms with Crippen LogP contribution in [0.3, 0.4) is 0 Å². The van der Waals surface area contributed by atoms with Crippen molar-refractivity contribution in [2.75, 3.05) is 17.2 Å². The number of rotatable bonds is 7. The molecule has 0 aliphatic rings. The van der Waals surface area contributed by atoms with Crippen molar-refractivity contribution >= 4 is 17.3 Å². The number of carbonyl (C=O) groups excluding carboxylic acids is 1. The number of hydrogen-bond donors (Lipinski definition) is 2. The Morgan fingerprint density at radius 1 is 0.923 bits per heavy atom. The zero-order chi connectivity index (χ0) is 18.2. The molecule has 0 unspecified atom stereocenters. The summed E-state index contributed by atoms with van der Waals surface area (Å²) in [4.78, 5) is 12.0. The lowest BCUT2D eigenvalue weighted by Gasteiger charge is -2.13. The van der Waals surface area contributed by atoms with Gasteiger partial charge in [0.1, 0.15) is 11.6 Å². The maximum absolute atomic E-state index is 13.1. The van der Waals surface area contributed by atoms with Gasteiger partial charge < -0.3 is 15.4 Å². The van der Waals surface area contributed by atoms with Gasteiger partial charge in [0, 0.05) is 18.7 Å². The summed E-state index contributed by atoms with van der Waals surface area (Å²) in [7, 11) is 0. The highest BCUT2D eigenvalue weighted by atomic mass is 19.1. The first-order valence-corrected chi connectivity index (χ1v) is 8.32. The van der Waals surface area contributed by atoms with Crippen LogP contribution in [0, 0.1) is 5.82 Å². The predicted octanol–water partition coefficient (Wildman–Crippen LogP) is 5.06. The molecule has 2 N–H and O–H groups in total. The van der Waals surface area contributed by atoms with Crippen molar-refractivity contribution in [3.05, 3.63) is 84.7 Å². The standard InChI is InChI=1S/C21H19FN2O2/c22-16-7-6-8-17(15-16)24-21(25)13-14-23-19-11-4-5-12-20(19)26-18-9-2-1-3-10-18/h1-12,15,23H,13-14H2,(H,24,25). The molecule has 0 aliphatic heterocycles. The number of halogens is 1.